The highest BCUT2D eigenvalue weighted by Gasteiger charge is 2.28. The first kappa shape index (κ1) is 22.1. The highest BCUT2D eigenvalue weighted by molar-refractivity contribution is 7.89. The van der Waals surface area contributed by atoms with E-state index in [0.717, 1.165) is 19.3 Å². The van der Waals surface area contributed by atoms with Gasteiger partial charge in [-0.25, -0.2) is 8.42 Å². The van der Waals surface area contributed by atoms with Gasteiger partial charge in [0, 0.05) is 42.6 Å². The lowest BCUT2D eigenvalue weighted by molar-refractivity contribution is 0.102. The summed E-state index contributed by atoms with van der Waals surface area (Å²) in [5.74, 6) is -0.376. The number of hydrogen-bond donors (Lipinski definition) is 1. The molecule has 31 heavy (non-hydrogen) atoms. The average molecular weight is 464 g/mol. The molecule has 166 valence electrons. The standard InChI is InChI=1S/C22H26ClN3O4S/c23-17-5-4-6-18(15-17)24-22(27)20-16-19(31(28,29)26-9-2-1-3-10-26)7-8-21(20)25-11-13-30-14-12-25/h4-8,15-16H,1-3,9-14H2,(H,24,27). The van der Waals surface area contributed by atoms with Gasteiger partial charge in [0.25, 0.3) is 5.91 Å². The van der Waals surface area contributed by atoms with Crippen LogP contribution >= 0.6 is 11.6 Å². The maximum Gasteiger partial charge on any atom is 0.257 e. The summed E-state index contributed by atoms with van der Waals surface area (Å²) in [6.07, 6.45) is 2.75. The molecule has 2 aromatic carbocycles. The molecule has 2 saturated heterocycles. The van der Waals surface area contributed by atoms with Crippen molar-refractivity contribution >= 4 is 38.9 Å². The van der Waals surface area contributed by atoms with Crippen LogP contribution in [-0.2, 0) is 14.8 Å². The van der Waals surface area contributed by atoms with Crippen LogP contribution in [0.25, 0.3) is 0 Å². The van der Waals surface area contributed by atoms with Crippen molar-refractivity contribution in [3.05, 3.63) is 53.1 Å². The Kier molecular flexibility index (Phi) is 6.81. The number of morpholine rings is 1. The van der Waals surface area contributed by atoms with Crippen molar-refractivity contribution in [2.24, 2.45) is 0 Å². The number of sulfonamides is 1. The van der Waals surface area contributed by atoms with Crippen molar-refractivity contribution in [2.45, 2.75) is 24.2 Å². The zero-order chi connectivity index (χ0) is 21.8. The number of anilines is 2. The molecule has 0 unspecified atom stereocenters. The number of carbonyl (C=O) groups excluding carboxylic acids is 1. The number of nitrogens with zero attached hydrogens (tertiary/aromatic N) is 2. The molecule has 1 N–H and O–H groups in total. The predicted molar refractivity (Wildman–Crippen MR) is 121 cm³/mol. The van der Waals surface area contributed by atoms with E-state index in [4.69, 9.17) is 16.3 Å². The monoisotopic (exact) mass is 463 g/mol. The number of amides is 1. The van der Waals surface area contributed by atoms with E-state index >= 15 is 0 Å². The zero-order valence-corrected chi connectivity index (χ0v) is 18.8. The molecule has 2 aliphatic heterocycles. The topological polar surface area (TPSA) is 79.0 Å². The quantitative estimate of drug-likeness (QED) is 0.732. The third-order valence-corrected chi connectivity index (χ3v) is 7.73. The van der Waals surface area contributed by atoms with Gasteiger partial charge < -0.3 is 15.0 Å². The Bertz CT molecular complexity index is 1050. The lowest BCUT2D eigenvalue weighted by Gasteiger charge is -2.31. The van der Waals surface area contributed by atoms with Crippen molar-refractivity contribution < 1.29 is 17.9 Å². The summed E-state index contributed by atoms with van der Waals surface area (Å²) in [5.41, 5.74) is 1.56. The van der Waals surface area contributed by atoms with E-state index in [1.807, 2.05) is 4.90 Å². The number of benzene rings is 2. The number of nitrogens with one attached hydrogen (secondary N) is 1. The number of halogens is 1. The molecular formula is C22H26ClN3O4S. The molecule has 0 aromatic heterocycles. The maximum atomic E-state index is 13.2. The Morgan fingerprint density at radius 1 is 0.968 bits per heavy atom. The molecule has 2 aromatic rings. The van der Waals surface area contributed by atoms with Crippen LogP contribution in [-0.4, -0.2) is 58.0 Å². The fourth-order valence-electron chi connectivity index (χ4n) is 3.96. The van der Waals surface area contributed by atoms with Gasteiger partial charge in [-0.2, -0.15) is 4.31 Å². The molecule has 7 nitrogen and oxygen atoms in total. The minimum Gasteiger partial charge on any atom is -0.378 e. The van der Waals surface area contributed by atoms with Gasteiger partial charge in [0.05, 0.1) is 23.7 Å². The van der Waals surface area contributed by atoms with Gasteiger partial charge in [0.15, 0.2) is 0 Å². The van der Waals surface area contributed by atoms with Crippen molar-refractivity contribution in [1.29, 1.82) is 0 Å². The number of hydrogen-bond acceptors (Lipinski definition) is 5. The van der Waals surface area contributed by atoms with E-state index in [-0.39, 0.29) is 10.8 Å². The number of carbonyl (C=O) groups is 1. The third kappa shape index (κ3) is 5.03. The second-order valence-electron chi connectivity index (χ2n) is 7.71. The summed E-state index contributed by atoms with van der Waals surface area (Å²) in [6.45, 7) is 3.41. The normalized spacial score (nSPS) is 18.0. The minimum atomic E-state index is -3.66. The molecule has 0 bridgehead atoms. The summed E-state index contributed by atoms with van der Waals surface area (Å²) >= 11 is 6.04. The van der Waals surface area contributed by atoms with Gasteiger partial charge in [-0.15, -0.1) is 0 Å². The van der Waals surface area contributed by atoms with Gasteiger partial charge in [-0.3, -0.25) is 4.79 Å². The van der Waals surface area contributed by atoms with Crippen LogP contribution in [0.15, 0.2) is 47.4 Å². The lowest BCUT2D eigenvalue weighted by atomic mass is 10.1. The van der Waals surface area contributed by atoms with E-state index in [9.17, 15) is 13.2 Å². The van der Waals surface area contributed by atoms with E-state index in [2.05, 4.69) is 5.32 Å². The summed E-state index contributed by atoms with van der Waals surface area (Å²) < 4.78 is 33.3. The number of rotatable bonds is 5. The molecular weight excluding hydrogens is 438 g/mol. The van der Waals surface area contributed by atoms with Crippen LogP contribution in [0.5, 0.6) is 0 Å². The number of piperidine rings is 1. The van der Waals surface area contributed by atoms with Gasteiger partial charge in [0.2, 0.25) is 10.0 Å². The van der Waals surface area contributed by atoms with Crippen LogP contribution in [0.1, 0.15) is 29.6 Å². The highest BCUT2D eigenvalue weighted by atomic mass is 35.5. The van der Waals surface area contributed by atoms with Crippen LogP contribution in [0.4, 0.5) is 11.4 Å². The Morgan fingerprint density at radius 3 is 2.42 bits per heavy atom. The van der Waals surface area contributed by atoms with E-state index in [1.165, 1.54) is 10.4 Å². The predicted octanol–water partition coefficient (Wildman–Crippen LogP) is 3.60. The van der Waals surface area contributed by atoms with Gasteiger partial charge in [-0.05, 0) is 49.2 Å². The Labute approximate surface area is 188 Å². The second kappa shape index (κ2) is 9.56. The third-order valence-electron chi connectivity index (χ3n) is 5.60. The van der Waals surface area contributed by atoms with E-state index in [0.29, 0.717) is 61.4 Å². The molecule has 0 spiro atoms. The van der Waals surface area contributed by atoms with E-state index in [1.54, 1.807) is 36.4 Å². The van der Waals surface area contributed by atoms with Gasteiger partial charge in [0.1, 0.15) is 0 Å². The molecule has 4 rings (SSSR count). The second-order valence-corrected chi connectivity index (χ2v) is 10.1. The molecule has 2 fully saturated rings. The van der Waals surface area contributed by atoms with Crippen LogP contribution in [0.3, 0.4) is 0 Å². The molecule has 0 aliphatic carbocycles. The van der Waals surface area contributed by atoms with E-state index < -0.39 is 10.0 Å². The Morgan fingerprint density at radius 2 is 1.71 bits per heavy atom. The van der Waals surface area contributed by atoms with Crippen LogP contribution in [0.2, 0.25) is 5.02 Å². The maximum absolute atomic E-state index is 13.2. The summed E-state index contributed by atoms with van der Waals surface area (Å²) in [4.78, 5) is 15.4. The first-order valence-electron chi connectivity index (χ1n) is 10.5. The van der Waals surface area contributed by atoms with Gasteiger partial charge >= 0.3 is 0 Å². The van der Waals surface area contributed by atoms with Crippen molar-refractivity contribution in [1.82, 2.24) is 4.31 Å². The van der Waals surface area contributed by atoms with Crippen LogP contribution in [0, 0.1) is 0 Å². The molecule has 2 aliphatic rings. The molecule has 2 heterocycles. The molecule has 1 amide bonds. The minimum absolute atomic E-state index is 0.141. The van der Waals surface area contributed by atoms with Crippen molar-refractivity contribution in [3.63, 3.8) is 0 Å². The fourth-order valence-corrected chi connectivity index (χ4v) is 5.69. The van der Waals surface area contributed by atoms with Crippen molar-refractivity contribution in [2.75, 3.05) is 49.6 Å². The first-order valence-corrected chi connectivity index (χ1v) is 12.3. The first-order chi connectivity index (χ1) is 14.9. The summed E-state index contributed by atoms with van der Waals surface area (Å²) in [5, 5.41) is 3.35. The number of ether oxygens (including phenoxy) is 1. The smallest absolute Gasteiger partial charge is 0.257 e. The summed E-state index contributed by atoms with van der Waals surface area (Å²) in [7, 11) is -3.66. The van der Waals surface area contributed by atoms with Crippen molar-refractivity contribution in [3.8, 4) is 0 Å². The SMILES string of the molecule is O=C(Nc1cccc(Cl)c1)c1cc(S(=O)(=O)N2CCCCC2)ccc1N1CCOCC1. The molecule has 0 radical (unpaired) electrons. The Hall–Kier alpha value is -2.13. The largest absolute Gasteiger partial charge is 0.378 e. The Balaban J connectivity index is 1.70. The lowest BCUT2D eigenvalue weighted by Crippen LogP contribution is -2.38. The zero-order valence-electron chi connectivity index (χ0n) is 17.2. The summed E-state index contributed by atoms with van der Waals surface area (Å²) in [6, 6.07) is 11.7. The molecule has 0 atom stereocenters. The average Bonchev–Trinajstić information content (AvgIpc) is 2.80. The fraction of sp³-hybridized carbons (Fsp3) is 0.409. The van der Waals surface area contributed by atoms with Gasteiger partial charge in [-0.1, -0.05) is 24.1 Å². The molecule has 9 heteroatoms. The molecule has 0 saturated carbocycles. The van der Waals surface area contributed by atoms with Crippen LogP contribution < -0.4 is 10.2 Å². The highest BCUT2D eigenvalue weighted by Crippen LogP contribution is 2.29.